The van der Waals surface area contributed by atoms with E-state index in [4.69, 9.17) is 14.7 Å². The van der Waals surface area contributed by atoms with Gasteiger partial charge in [-0.25, -0.2) is 9.97 Å². The molecule has 0 bridgehead atoms. The van der Waals surface area contributed by atoms with Crippen LogP contribution in [0.4, 0.5) is 5.82 Å². The molecule has 3 aromatic rings. The number of carbonyl (C=O) groups is 1. The van der Waals surface area contributed by atoms with Crippen molar-refractivity contribution >= 4 is 27.7 Å². The Morgan fingerprint density at radius 3 is 2.67 bits per heavy atom. The van der Waals surface area contributed by atoms with Gasteiger partial charge in [0.25, 0.3) is 5.91 Å². The fraction of sp³-hybridized carbons (Fsp3) is 0.346. The van der Waals surface area contributed by atoms with E-state index < -0.39 is 0 Å². The highest BCUT2D eigenvalue weighted by atomic mass is 79.9. The van der Waals surface area contributed by atoms with E-state index in [0.29, 0.717) is 38.3 Å². The van der Waals surface area contributed by atoms with Gasteiger partial charge >= 0.3 is 0 Å². The van der Waals surface area contributed by atoms with Gasteiger partial charge in [-0.3, -0.25) is 4.79 Å². The molecule has 0 aliphatic carbocycles. The summed E-state index contributed by atoms with van der Waals surface area (Å²) in [5, 5.41) is 0. The Bertz CT molecular complexity index is 1180. The summed E-state index contributed by atoms with van der Waals surface area (Å²) in [7, 11) is 0. The van der Waals surface area contributed by atoms with Gasteiger partial charge in [0, 0.05) is 48.1 Å². The average Bonchev–Trinajstić information content (AvgIpc) is 2.83. The first-order valence-electron chi connectivity index (χ1n) is 11.4. The molecule has 1 aromatic heterocycles. The lowest BCUT2D eigenvalue weighted by Gasteiger charge is -2.34. The Labute approximate surface area is 202 Å². The number of halogens is 1. The summed E-state index contributed by atoms with van der Waals surface area (Å²) < 4.78 is 6.49. The summed E-state index contributed by atoms with van der Waals surface area (Å²) in [5.74, 6) is 1.84. The van der Waals surface area contributed by atoms with Crippen molar-refractivity contribution in [1.82, 2.24) is 14.9 Å². The summed E-state index contributed by atoms with van der Waals surface area (Å²) >= 11 is 3.47. The molecular formula is C26H27BrN4O2. The first kappa shape index (κ1) is 22.0. The number of fused-ring (bicyclic) bond motifs is 1. The molecule has 33 heavy (non-hydrogen) atoms. The molecular weight excluding hydrogens is 480 g/mol. The summed E-state index contributed by atoms with van der Waals surface area (Å²) in [6.07, 6.45) is 1.43. The van der Waals surface area contributed by atoms with Crippen LogP contribution >= 0.6 is 15.9 Å². The minimum absolute atomic E-state index is 0.0405. The topological polar surface area (TPSA) is 58.6 Å². The van der Waals surface area contributed by atoms with Gasteiger partial charge in [0.2, 0.25) is 0 Å². The lowest BCUT2D eigenvalue weighted by molar-refractivity contribution is 0.0732. The molecule has 170 valence electrons. The lowest BCUT2D eigenvalue weighted by Crippen LogP contribution is -2.41. The number of carbonyl (C=O) groups excluding carboxylic acids is 1. The molecule has 3 heterocycles. The van der Waals surface area contributed by atoms with Crippen LogP contribution in [0.5, 0.6) is 0 Å². The molecule has 0 N–H and O–H groups in total. The molecule has 0 saturated carbocycles. The third-order valence-corrected chi connectivity index (χ3v) is 6.69. The average molecular weight is 507 g/mol. The predicted molar refractivity (Wildman–Crippen MR) is 132 cm³/mol. The van der Waals surface area contributed by atoms with Crippen LogP contribution < -0.4 is 4.90 Å². The smallest absolute Gasteiger partial charge is 0.254 e. The van der Waals surface area contributed by atoms with Crippen molar-refractivity contribution in [3.05, 3.63) is 86.8 Å². The molecule has 6 nitrogen and oxygen atoms in total. The van der Waals surface area contributed by atoms with Crippen LogP contribution in [-0.4, -0.2) is 53.6 Å². The quantitative estimate of drug-likeness (QED) is 0.531. The monoisotopic (exact) mass is 506 g/mol. The molecule has 2 aliphatic rings. The van der Waals surface area contributed by atoms with Crippen LogP contribution in [0, 0.1) is 6.92 Å². The molecule has 2 aromatic carbocycles. The van der Waals surface area contributed by atoms with E-state index >= 15 is 0 Å². The van der Waals surface area contributed by atoms with Crippen molar-refractivity contribution < 1.29 is 9.53 Å². The van der Waals surface area contributed by atoms with Gasteiger partial charge in [0.05, 0.1) is 25.5 Å². The van der Waals surface area contributed by atoms with Crippen LogP contribution in [0.15, 0.2) is 53.0 Å². The van der Waals surface area contributed by atoms with Gasteiger partial charge in [0.1, 0.15) is 11.6 Å². The molecule has 0 unspecified atom stereocenters. The van der Waals surface area contributed by atoms with Crippen LogP contribution in [-0.2, 0) is 24.1 Å². The predicted octanol–water partition coefficient (Wildman–Crippen LogP) is 4.17. The zero-order valence-corrected chi connectivity index (χ0v) is 20.3. The molecule has 5 rings (SSSR count). The van der Waals surface area contributed by atoms with E-state index in [0.717, 1.165) is 46.9 Å². The van der Waals surface area contributed by atoms with E-state index in [1.165, 1.54) is 11.1 Å². The Morgan fingerprint density at radius 1 is 1.06 bits per heavy atom. The second-order valence-electron chi connectivity index (χ2n) is 8.64. The second-order valence-corrected chi connectivity index (χ2v) is 9.56. The maximum atomic E-state index is 13.2. The van der Waals surface area contributed by atoms with Gasteiger partial charge in [-0.2, -0.15) is 0 Å². The number of rotatable bonds is 4. The van der Waals surface area contributed by atoms with Crippen molar-refractivity contribution in [2.75, 3.05) is 37.7 Å². The lowest BCUT2D eigenvalue weighted by atomic mass is 10.0. The zero-order chi connectivity index (χ0) is 22.8. The molecule has 2 aliphatic heterocycles. The van der Waals surface area contributed by atoms with Crippen molar-refractivity contribution in [1.29, 1.82) is 0 Å². The number of ether oxygens (including phenoxy) is 1. The van der Waals surface area contributed by atoms with E-state index in [1.807, 2.05) is 29.2 Å². The Balaban J connectivity index is 1.47. The van der Waals surface area contributed by atoms with Crippen molar-refractivity contribution in [3.8, 4) is 0 Å². The number of amides is 1. The third-order valence-electron chi connectivity index (χ3n) is 6.20. The molecule has 0 spiro atoms. The molecule has 1 saturated heterocycles. The third kappa shape index (κ3) is 4.94. The standard InChI is InChI=1S/C26H27BrN4O2/c1-18-4-2-5-19(14-18)15-24-28-23-8-9-31(26(32)20-6-3-7-21(27)16-20)17-22(23)25(29-24)30-10-12-33-13-11-30/h2-7,14,16H,8-13,15,17H2,1H3. The summed E-state index contributed by atoms with van der Waals surface area (Å²) in [4.78, 5) is 27.4. The fourth-order valence-electron chi connectivity index (χ4n) is 4.54. The summed E-state index contributed by atoms with van der Waals surface area (Å²) in [5.41, 5.74) is 5.27. The van der Waals surface area contributed by atoms with Crippen molar-refractivity contribution in [2.24, 2.45) is 0 Å². The molecule has 0 radical (unpaired) electrons. The van der Waals surface area contributed by atoms with Crippen LogP contribution in [0.3, 0.4) is 0 Å². The van der Waals surface area contributed by atoms with Gasteiger partial charge in [-0.1, -0.05) is 51.8 Å². The van der Waals surface area contributed by atoms with Crippen molar-refractivity contribution in [3.63, 3.8) is 0 Å². The van der Waals surface area contributed by atoms with Gasteiger partial charge in [-0.05, 0) is 30.7 Å². The maximum absolute atomic E-state index is 13.2. The number of aromatic nitrogens is 2. The highest BCUT2D eigenvalue weighted by molar-refractivity contribution is 9.10. The summed E-state index contributed by atoms with van der Waals surface area (Å²) in [6, 6.07) is 16.1. The number of anilines is 1. The van der Waals surface area contributed by atoms with Crippen LogP contribution in [0.25, 0.3) is 0 Å². The minimum Gasteiger partial charge on any atom is -0.378 e. The van der Waals surface area contributed by atoms with Crippen LogP contribution in [0.1, 0.15) is 38.6 Å². The highest BCUT2D eigenvalue weighted by Crippen LogP contribution is 2.29. The Kier molecular flexibility index (Phi) is 6.42. The number of hydrogen-bond donors (Lipinski definition) is 0. The normalized spacial score (nSPS) is 15.9. The Morgan fingerprint density at radius 2 is 1.88 bits per heavy atom. The van der Waals surface area contributed by atoms with E-state index in [2.05, 4.69) is 52.0 Å². The van der Waals surface area contributed by atoms with Crippen molar-refractivity contribution in [2.45, 2.75) is 26.3 Å². The number of morpholine rings is 1. The highest BCUT2D eigenvalue weighted by Gasteiger charge is 2.29. The first-order chi connectivity index (χ1) is 16.1. The molecule has 1 amide bonds. The number of aryl methyl sites for hydroxylation is 1. The second kappa shape index (κ2) is 9.61. The largest absolute Gasteiger partial charge is 0.378 e. The van der Waals surface area contributed by atoms with Crippen LogP contribution in [0.2, 0.25) is 0 Å². The van der Waals surface area contributed by atoms with E-state index in [1.54, 1.807) is 0 Å². The number of nitrogens with zero attached hydrogens (tertiary/aromatic N) is 4. The molecule has 7 heteroatoms. The van der Waals surface area contributed by atoms with Gasteiger partial charge in [0.15, 0.2) is 0 Å². The molecule has 1 fully saturated rings. The summed E-state index contributed by atoms with van der Waals surface area (Å²) in [6.45, 7) is 6.26. The van der Waals surface area contributed by atoms with E-state index in [9.17, 15) is 4.79 Å². The maximum Gasteiger partial charge on any atom is 0.254 e. The Hall–Kier alpha value is -2.77. The minimum atomic E-state index is 0.0405. The van der Waals surface area contributed by atoms with E-state index in [-0.39, 0.29) is 5.91 Å². The fourth-order valence-corrected chi connectivity index (χ4v) is 4.94. The first-order valence-corrected chi connectivity index (χ1v) is 12.2. The molecule has 0 atom stereocenters. The number of benzene rings is 2. The number of hydrogen-bond acceptors (Lipinski definition) is 5. The zero-order valence-electron chi connectivity index (χ0n) is 18.8. The van der Waals surface area contributed by atoms with Gasteiger partial charge in [-0.15, -0.1) is 0 Å². The SMILES string of the molecule is Cc1cccc(Cc2nc3c(c(N4CCOCC4)n2)CN(C(=O)c2cccc(Br)c2)CC3)c1. The van der Waals surface area contributed by atoms with Gasteiger partial charge < -0.3 is 14.5 Å².